The summed E-state index contributed by atoms with van der Waals surface area (Å²) in [5.41, 5.74) is 0. The van der Waals surface area contributed by atoms with Gasteiger partial charge < -0.3 is 15.4 Å². The van der Waals surface area contributed by atoms with Crippen molar-refractivity contribution in [3.05, 3.63) is 20.8 Å². The molecule has 17 heavy (non-hydrogen) atoms. The van der Waals surface area contributed by atoms with Crippen molar-refractivity contribution < 1.29 is 4.74 Å². The SMILES string of the molecule is CC(CC1COCCN1)NCc1ccc(Br)s1. The van der Waals surface area contributed by atoms with Crippen molar-refractivity contribution in [2.24, 2.45) is 0 Å². The van der Waals surface area contributed by atoms with Gasteiger partial charge in [0, 0.05) is 30.1 Å². The van der Waals surface area contributed by atoms with Crippen molar-refractivity contribution in [2.45, 2.75) is 32.0 Å². The summed E-state index contributed by atoms with van der Waals surface area (Å²) in [4.78, 5) is 1.37. The Balaban J connectivity index is 1.68. The second kappa shape index (κ2) is 6.85. The Bertz CT molecular complexity index is 339. The molecule has 1 aliphatic heterocycles. The summed E-state index contributed by atoms with van der Waals surface area (Å²) in [5.74, 6) is 0. The summed E-state index contributed by atoms with van der Waals surface area (Å²) < 4.78 is 6.65. The van der Waals surface area contributed by atoms with E-state index in [1.54, 1.807) is 11.3 Å². The lowest BCUT2D eigenvalue weighted by Crippen LogP contribution is -2.44. The van der Waals surface area contributed by atoms with Gasteiger partial charge in [0.05, 0.1) is 17.0 Å². The van der Waals surface area contributed by atoms with Crippen LogP contribution in [0.15, 0.2) is 15.9 Å². The minimum absolute atomic E-state index is 0.501. The van der Waals surface area contributed by atoms with Crippen LogP contribution in [0.1, 0.15) is 18.2 Å². The summed E-state index contributed by atoms with van der Waals surface area (Å²) in [6.07, 6.45) is 1.12. The molecule has 0 saturated carbocycles. The van der Waals surface area contributed by atoms with E-state index in [0.717, 1.165) is 32.7 Å². The smallest absolute Gasteiger partial charge is 0.0701 e. The topological polar surface area (TPSA) is 33.3 Å². The highest BCUT2D eigenvalue weighted by Crippen LogP contribution is 2.21. The zero-order valence-corrected chi connectivity index (χ0v) is 12.4. The van der Waals surface area contributed by atoms with Crippen molar-refractivity contribution in [1.29, 1.82) is 0 Å². The van der Waals surface area contributed by atoms with Crippen molar-refractivity contribution in [3.8, 4) is 0 Å². The maximum atomic E-state index is 5.45. The molecule has 0 aromatic carbocycles. The van der Waals surface area contributed by atoms with Gasteiger partial charge in [0.2, 0.25) is 0 Å². The van der Waals surface area contributed by atoms with Crippen LogP contribution in [0.25, 0.3) is 0 Å². The lowest BCUT2D eigenvalue weighted by Gasteiger charge is -2.26. The minimum Gasteiger partial charge on any atom is -0.379 e. The van der Waals surface area contributed by atoms with Gasteiger partial charge in [0.15, 0.2) is 0 Å². The van der Waals surface area contributed by atoms with E-state index in [9.17, 15) is 0 Å². The number of nitrogens with one attached hydrogen (secondary N) is 2. The molecule has 1 aromatic heterocycles. The van der Waals surface area contributed by atoms with Crippen LogP contribution in [0.5, 0.6) is 0 Å². The van der Waals surface area contributed by atoms with Gasteiger partial charge in [-0.15, -0.1) is 11.3 Å². The average molecular weight is 319 g/mol. The molecule has 2 rings (SSSR count). The molecule has 2 unspecified atom stereocenters. The Morgan fingerprint density at radius 2 is 2.53 bits per heavy atom. The van der Waals surface area contributed by atoms with Crippen LogP contribution in [-0.4, -0.2) is 31.8 Å². The van der Waals surface area contributed by atoms with E-state index < -0.39 is 0 Å². The highest BCUT2D eigenvalue weighted by atomic mass is 79.9. The molecule has 1 aliphatic rings. The number of hydrogen-bond donors (Lipinski definition) is 2. The zero-order chi connectivity index (χ0) is 12.1. The lowest BCUT2D eigenvalue weighted by molar-refractivity contribution is 0.0712. The molecule has 2 heterocycles. The molecular formula is C12H19BrN2OS. The van der Waals surface area contributed by atoms with Gasteiger partial charge in [-0.2, -0.15) is 0 Å². The molecule has 0 radical (unpaired) electrons. The van der Waals surface area contributed by atoms with Crippen LogP contribution in [-0.2, 0) is 11.3 Å². The van der Waals surface area contributed by atoms with Crippen LogP contribution in [0.4, 0.5) is 0 Å². The van der Waals surface area contributed by atoms with E-state index in [-0.39, 0.29) is 0 Å². The number of halogens is 1. The molecular weight excluding hydrogens is 300 g/mol. The van der Waals surface area contributed by atoms with Crippen molar-refractivity contribution in [2.75, 3.05) is 19.8 Å². The van der Waals surface area contributed by atoms with E-state index in [2.05, 4.69) is 45.6 Å². The Morgan fingerprint density at radius 3 is 3.18 bits per heavy atom. The molecule has 5 heteroatoms. The van der Waals surface area contributed by atoms with E-state index in [1.807, 2.05) is 0 Å². The van der Waals surface area contributed by atoms with Crippen LogP contribution in [0, 0.1) is 0 Å². The van der Waals surface area contributed by atoms with Gasteiger partial charge in [-0.25, -0.2) is 0 Å². The highest BCUT2D eigenvalue weighted by molar-refractivity contribution is 9.11. The molecule has 0 spiro atoms. The normalized spacial score (nSPS) is 22.6. The zero-order valence-electron chi connectivity index (χ0n) is 10.0. The van der Waals surface area contributed by atoms with Crippen LogP contribution < -0.4 is 10.6 Å². The Morgan fingerprint density at radius 1 is 1.65 bits per heavy atom. The highest BCUT2D eigenvalue weighted by Gasteiger charge is 2.15. The number of hydrogen-bond acceptors (Lipinski definition) is 4. The Labute approximate surface area is 115 Å². The maximum Gasteiger partial charge on any atom is 0.0701 e. The second-order valence-corrected chi connectivity index (χ2v) is 7.00. The monoisotopic (exact) mass is 318 g/mol. The van der Waals surface area contributed by atoms with Crippen molar-refractivity contribution in [3.63, 3.8) is 0 Å². The van der Waals surface area contributed by atoms with Crippen LogP contribution >= 0.6 is 27.3 Å². The first-order valence-electron chi connectivity index (χ1n) is 6.03. The molecule has 0 amide bonds. The van der Waals surface area contributed by atoms with Gasteiger partial charge in [-0.3, -0.25) is 0 Å². The number of ether oxygens (including phenoxy) is 1. The molecule has 3 nitrogen and oxygen atoms in total. The number of thiophene rings is 1. The molecule has 1 fully saturated rings. The van der Waals surface area contributed by atoms with Gasteiger partial charge in [-0.1, -0.05) is 0 Å². The van der Waals surface area contributed by atoms with E-state index in [1.165, 1.54) is 8.66 Å². The molecule has 0 bridgehead atoms. The fourth-order valence-electron chi connectivity index (χ4n) is 2.00. The lowest BCUT2D eigenvalue weighted by atomic mass is 10.1. The third kappa shape index (κ3) is 4.67. The molecule has 2 atom stereocenters. The van der Waals surface area contributed by atoms with E-state index in [4.69, 9.17) is 4.74 Å². The molecule has 1 saturated heterocycles. The van der Waals surface area contributed by atoms with Crippen molar-refractivity contribution >= 4 is 27.3 Å². The summed E-state index contributed by atoms with van der Waals surface area (Å²) in [5, 5.41) is 7.04. The summed E-state index contributed by atoms with van der Waals surface area (Å²) >= 11 is 5.27. The average Bonchev–Trinajstić information content (AvgIpc) is 2.74. The Kier molecular flexibility index (Phi) is 5.44. The maximum absolute atomic E-state index is 5.45. The fraction of sp³-hybridized carbons (Fsp3) is 0.667. The molecule has 1 aromatic rings. The summed E-state index contributed by atoms with van der Waals surface area (Å²) in [6.45, 7) is 5.86. The van der Waals surface area contributed by atoms with Crippen molar-refractivity contribution in [1.82, 2.24) is 10.6 Å². The van der Waals surface area contributed by atoms with Crippen LogP contribution in [0.3, 0.4) is 0 Å². The predicted molar refractivity (Wildman–Crippen MR) is 75.5 cm³/mol. The first kappa shape index (κ1) is 13.5. The molecule has 96 valence electrons. The minimum atomic E-state index is 0.501. The largest absolute Gasteiger partial charge is 0.379 e. The first-order chi connectivity index (χ1) is 8.24. The van der Waals surface area contributed by atoms with Gasteiger partial charge in [0.25, 0.3) is 0 Å². The second-order valence-electron chi connectivity index (χ2n) is 4.45. The summed E-state index contributed by atoms with van der Waals surface area (Å²) in [6, 6.07) is 5.27. The molecule has 0 aliphatic carbocycles. The van der Waals surface area contributed by atoms with E-state index >= 15 is 0 Å². The molecule has 2 N–H and O–H groups in total. The van der Waals surface area contributed by atoms with E-state index in [0.29, 0.717) is 12.1 Å². The van der Waals surface area contributed by atoms with Gasteiger partial charge >= 0.3 is 0 Å². The Hall–Kier alpha value is 0.0600. The fourth-order valence-corrected chi connectivity index (χ4v) is 3.44. The number of rotatable bonds is 5. The van der Waals surface area contributed by atoms with Gasteiger partial charge in [0.1, 0.15) is 0 Å². The third-order valence-corrected chi connectivity index (χ3v) is 4.51. The predicted octanol–water partition coefficient (Wildman–Crippen LogP) is 2.37. The first-order valence-corrected chi connectivity index (χ1v) is 7.63. The standard InChI is InChI=1S/C12H19BrN2OS/c1-9(6-10-8-16-5-4-14-10)15-7-11-2-3-12(13)17-11/h2-3,9-10,14-15H,4-8H2,1H3. The number of morpholine rings is 1. The third-order valence-electron chi connectivity index (χ3n) is 2.89. The van der Waals surface area contributed by atoms with Gasteiger partial charge in [-0.05, 0) is 41.4 Å². The summed E-state index contributed by atoms with van der Waals surface area (Å²) in [7, 11) is 0. The van der Waals surface area contributed by atoms with Crippen LogP contribution in [0.2, 0.25) is 0 Å². The quantitative estimate of drug-likeness (QED) is 0.874.